The summed E-state index contributed by atoms with van der Waals surface area (Å²) in [5.74, 6) is 0.531. The van der Waals surface area contributed by atoms with Crippen molar-refractivity contribution in [2.24, 2.45) is 0 Å². The first kappa shape index (κ1) is 25.9. The molecule has 3 aromatic rings. The minimum absolute atomic E-state index is 0.0895. The number of ether oxygens (including phenoxy) is 1. The summed E-state index contributed by atoms with van der Waals surface area (Å²) in [5, 5.41) is 5.92. The normalized spacial score (nSPS) is 13.4. The van der Waals surface area contributed by atoms with Crippen molar-refractivity contribution in [3.63, 3.8) is 0 Å². The van der Waals surface area contributed by atoms with E-state index in [1.807, 2.05) is 84.6 Å². The maximum atomic E-state index is 12.9. The number of methoxy groups -OCH3 is 1. The molecule has 7 nitrogen and oxygen atoms in total. The van der Waals surface area contributed by atoms with Crippen LogP contribution >= 0.6 is 12.2 Å². The van der Waals surface area contributed by atoms with E-state index in [0.717, 1.165) is 46.9 Å². The SMILES string of the molecule is COc1ccc(/C=C/C(=O)NC(=S)Nc2ccc(N3CCN(C(=O)c4ccccc4C)CC3)cc2)cc1. The Morgan fingerprint density at radius 2 is 1.59 bits per heavy atom. The zero-order chi connectivity index (χ0) is 26.2. The number of benzene rings is 3. The van der Waals surface area contributed by atoms with Gasteiger partial charge in [-0.25, -0.2) is 0 Å². The number of anilines is 2. The number of nitrogens with zero attached hydrogens (tertiary/aromatic N) is 2. The van der Waals surface area contributed by atoms with Crippen LogP contribution in [0, 0.1) is 6.92 Å². The van der Waals surface area contributed by atoms with E-state index in [9.17, 15) is 9.59 Å². The van der Waals surface area contributed by atoms with Crippen molar-refractivity contribution in [1.82, 2.24) is 10.2 Å². The number of thiocarbonyl (C=S) groups is 1. The van der Waals surface area contributed by atoms with Crippen LogP contribution in [0.4, 0.5) is 11.4 Å². The Morgan fingerprint density at radius 1 is 0.919 bits per heavy atom. The fourth-order valence-corrected chi connectivity index (χ4v) is 4.33. The molecule has 1 heterocycles. The standard InChI is InChI=1S/C29H30N4O3S/c1-21-5-3-4-6-26(21)28(35)33-19-17-32(18-20-33)24-12-10-23(11-13-24)30-29(37)31-27(34)16-9-22-7-14-25(36-2)15-8-22/h3-16H,17-20H2,1-2H3,(H2,30,31,34,37)/b16-9+. The van der Waals surface area contributed by atoms with Crippen LogP contribution in [0.5, 0.6) is 5.75 Å². The first-order chi connectivity index (χ1) is 17.9. The number of hydrogen-bond donors (Lipinski definition) is 2. The van der Waals surface area contributed by atoms with Gasteiger partial charge >= 0.3 is 0 Å². The van der Waals surface area contributed by atoms with Crippen LogP contribution in [0.3, 0.4) is 0 Å². The summed E-state index contributed by atoms with van der Waals surface area (Å²) >= 11 is 5.28. The molecule has 0 saturated carbocycles. The van der Waals surface area contributed by atoms with E-state index in [1.165, 1.54) is 6.08 Å². The van der Waals surface area contributed by atoms with Gasteiger partial charge in [-0.15, -0.1) is 0 Å². The molecule has 37 heavy (non-hydrogen) atoms. The molecular formula is C29H30N4O3S. The van der Waals surface area contributed by atoms with Crippen LogP contribution in [-0.4, -0.2) is 55.1 Å². The van der Waals surface area contributed by atoms with Crippen molar-refractivity contribution in [2.45, 2.75) is 6.92 Å². The lowest BCUT2D eigenvalue weighted by molar-refractivity contribution is -0.115. The van der Waals surface area contributed by atoms with Gasteiger partial charge in [0.2, 0.25) is 5.91 Å². The minimum atomic E-state index is -0.317. The molecule has 2 amide bonds. The number of nitrogens with one attached hydrogen (secondary N) is 2. The monoisotopic (exact) mass is 514 g/mol. The highest BCUT2D eigenvalue weighted by atomic mass is 32.1. The second-order valence-corrected chi connectivity index (χ2v) is 9.10. The molecule has 2 N–H and O–H groups in total. The maximum Gasteiger partial charge on any atom is 0.254 e. The number of amides is 2. The lowest BCUT2D eigenvalue weighted by atomic mass is 10.1. The topological polar surface area (TPSA) is 73.9 Å². The Bertz CT molecular complexity index is 1280. The van der Waals surface area contributed by atoms with Gasteiger partial charge in [-0.05, 0) is 78.8 Å². The molecule has 1 aliphatic rings. The van der Waals surface area contributed by atoms with E-state index < -0.39 is 0 Å². The molecule has 0 bridgehead atoms. The highest BCUT2D eigenvalue weighted by Crippen LogP contribution is 2.21. The van der Waals surface area contributed by atoms with Gasteiger partial charge < -0.3 is 19.9 Å². The summed E-state index contributed by atoms with van der Waals surface area (Å²) in [6.45, 7) is 4.84. The summed E-state index contributed by atoms with van der Waals surface area (Å²) in [5.41, 5.74) is 4.50. The van der Waals surface area contributed by atoms with E-state index in [-0.39, 0.29) is 16.9 Å². The van der Waals surface area contributed by atoms with E-state index in [4.69, 9.17) is 17.0 Å². The molecule has 0 aliphatic carbocycles. The van der Waals surface area contributed by atoms with Gasteiger partial charge in [0, 0.05) is 49.2 Å². The fourth-order valence-electron chi connectivity index (χ4n) is 4.11. The number of carbonyl (C=O) groups is 2. The third-order valence-corrected chi connectivity index (χ3v) is 6.42. The van der Waals surface area contributed by atoms with Crippen LogP contribution in [0.25, 0.3) is 6.08 Å². The van der Waals surface area contributed by atoms with Crippen molar-refractivity contribution in [2.75, 3.05) is 43.5 Å². The number of rotatable bonds is 6. The van der Waals surface area contributed by atoms with Gasteiger partial charge in [-0.2, -0.15) is 0 Å². The Morgan fingerprint density at radius 3 is 2.24 bits per heavy atom. The largest absolute Gasteiger partial charge is 0.497 e. The molecule has 1 aliphatic heterocycles. The molecule has 0 radical (unpaired) electrons. The molecular weight excluding hydrogens is 484 g/mol. The molecule has 0 atom stereocenters. The molecule has 8 heteroatoms. The average Bonchev–Trinajstić information content (AvgIpc) is 2.92. The summed E-state index contributed by atoms with van der Waals surface area (Å²) in [4.78, 5) is 29.2. The lowest BCUT2D eigenvalue weighted by Gasteiger charge is -2.36. The first-order valence-corrected chi connectivity index (χ1v) is 12.5. The van der Waals surface area contributed by atoms with Crippen LogP contribution in [0.1, 0.15) is 21.5 Å². The summed E-state index contributed by atoms with van der Waals surface area (Å²) in [6.07, 6.45) is 3.14. The van der Waals surface area contributed by atoms with Crippen molar-refractivity contribution in [3.05, 3.63) is 95.6 Å². The number of piperazine rings is 1. The van der Waals surface area contributed by atoms with Crippen LogP contribution in [0.15, 0.2) is 78.9 Å². The molecule has 4 rings (SSSR count). The van der Waals surface area contributed by atoms with Crippen LogP contribution in [-0.2, 0) is 4.79 Å². The van der Waals surface area contributed by atoms with Crippen molar-refractivity contribution >= 4 is 46.6 Å². The molecule has 190 valence electrons. The highest BCUT2D eigenvalue weighted by Gasteiger charge is 2.23. The van der Waals surface area contributed by atoms with Gasteiger partial charge in [0.05, 0.1) is 7.11 Å². The van der Waals surface area contributed by atoms with Crippen LogP contribution < -0.4 is 20.3 Å². The van der Waals surface area contributed by atoms with Gasteiger partial charge in [-0.3, -0.25) is 14.9 Å². The van der Waals surface area contributed by atoms with Crippen molar-refractivity contribution in [3.8, 4) is 5.75 Å². The van der Waals surface area contributed by atoms with E-state index in [0.29, 0.717) is 13.1 Å². The predicted octanol–water partition coefficient (Wildman–Crippen LogP) is 4.49. The zero-order valence-electron chi connectivity index (χ0n) is 20.9. The first-order valence-electron chi connectivity index (χ1n) is 12.1. The smallest absolute Gasteiger partial charge is 0.254 e. The molecule has 0 spiro atoms. The van der Waals surface area contributed by atoms with Gasteiger partial charge in [0.25, 0.3) is 5.91 Å². The number of hydrogen-bond acceptors (Lipinski definition) is 5. The Balaban J connectivity index is 1.24. The minimum Gasteiger partial charge on any atom is -0.497 e. The number of carbonyl (C=O) groups excluding carboxylic acids is 2. The molecule has 3 aromatic carbocycles. The maximum absolute atomic E-state index is 12.9. The zero-order valence-corrected chi connectivity index (χ0v) is 21.8. The third kappa shape index (κ3) is 6.95. The third-order valence-electron chi connectivity index (χ3n) is 6.21. The Labute approximate surface area is 222 Å². The molecule has 1 saturated heterocycles. The lowest BCUT2D eigenvalue weighted by Crippen LogP contribution is -2.48. The second kappa shape index (κ2) is 12.2. The predicted molar refractivity (Wildman–Crippen MR) is 152 cm³/mol. The quantitative estimate of drug-likeness (QED) is 0.373. The van der Waals surface area contributed by atoms with Crippen LogP contribution in [0.2, 0.25) is 0 Å². The van der Waals surface area contributed by atoms with E-state index in [1.54, 1.807) is 13.2 Å². The fraction of sp³-hybridized carbons (Fsp3) is 0.207. The van der Waals surface area contributed by atoms with Gasteiger partial charge in [0.15, 0.2) is 5.11 Å². The van der Waals surface area contributed by atoms with Gasteiger partial charge in [0.1, 0.15) is 5.75 Å². The Hall–Kier alpha value is -4.17. The molecule has 0 aromatic heterocycles. The van der Waals surface area contributed by atoms with Gasteiger partial charge in [-0.1, -0.05) is 30.3 Å². The molecule has 1 fully saturated rings. The molecule has 0 unspecified atom stereocenters. The highest BCUT2D eigenvalue weighted by molar-refractivity contribution is 7.80. The van der Waals surface area contributed by atoms with E-state index in [2.05, 4.69) is 15.5 Å². The average molecular weight is 515 g/mol. The van der Waals surface area contributed by atoms with Crippen molar-refractivity contribution in [1.29, 1.82) is 0 Å². The van der Waals surface area contributed by atoms with E-state index >= 15 is 0 Å². The summed E-state index contributed by atoms with van der Waals surface area (Å²) in [7, 11) is 1.61. The number of aryl methyl sites for hydroxylation is 1. The summed E-state index contributed by atoms with van der Waals surface area (Å²) < 4.78 is 5.13. The Kier molecular flexibility index (Phi) is 8.53. The second-order valence-electron chi connectivity index (χ2n) is 8.69. The summed E-state index contributed by atoms with van der Waals surface area (Å²) in [6, 6.07) is 23.0. The van der Waals surface area contributed by atoms with Crippen molar-refractivity contribution < 1.29 is 14.3 Å².